The Bertz CT molecular complexity index is 402. The van der Waals surface area contributed by atoms with Crippen molar-refractivity contribution in [1.29, 1.82) is 0 Å². The van der Waals surface area contributed by atoms with Crippen molar-refractivity contribution in [3.05, 3.63) is 40.4 Å². The average molecular weight is 304 g/mol. The van der Waals surface area contributed by atoms with Crippen LogP contribution in [0.2, 0.25) is 5.02 Å². The molecule has 1 aromatic carbocycles. The van der Waals surface area contributed by atoms with Gasteiger partial charge in [-0.2, -0.15) is 0 Å². The van der Waals surface area contributed by atoms with E-state index >= 15 is 0 Å². The summed E-state index contributed by atoms with van der Waals surface area (Å²) >= 11 is 9.36. The Morgan fingerprint density at radius 3 is 2.88 bits per heavy atom. The second-order valence-electron chi connectivity index (χ2n) is 3.07. The standard InChI is InChI=1S/C12H12BrClO2/c1-2-16-12(15)6-4-9-3-5-10(8-13)11(14)7-9/h3-7H,2,8H2,1H3. The predicted molar refractivity (Wildman–Crippen MR) is 69.8 cm³/mol. The van der Waals surface area contributed by atoms with Gasteiger partial charge in [0.1, 0.15) is 0 Å². The maximum atomic E-state index is 11.1. The maximum Gasteiger partial charge on any atom is 0.330 e. The molecule has 0 N–H and O–H groups in total. The highest BCUT2D eigenvalue weighted by atomic mass is 79.9. The zero-order chi connectivity index (χ0) is 12.0. The number of carbonyl (C=O) groups excluding carboxylic acids is 1. The molecule has 0 aliphatic rings. The van der Waals surface area contributed by atoms with Gasteiger partial charge in [0, 0.05) is 16.4 Å². The first-order valence-corrected chi connectivity index (χ1v) is 6.36. The van der Waals surface area contributed by atoms with Gasteiger partial charge in [-0.3, -0.25) is 0 Å². The van der Waals surface area contributed by atoms with E-state index in [9.17, 15) is 4.79 Å². The van der Waals surface area contributed by atoms with Crippen molar-refractivity contribution in [2.75, 3.05) is 6.61 Å². The first-order valence-electron chi connectivity index (χ1n) is 4.86. The van der Waals surface area contributed by atoms with E-state index in [0.29, 0.717) is 17.0 Å². The lowest BCUT2D eigenvalue weighted by atomic mass is 10.1. The first kappa shape index (κ1) is 13.3. The van der Waals surface area contributed by atoms with Crippen molar-refractivity contribution >= 4 is 39.6 Å². The fourth-order valence-corrected chi connectivity index (χ4v) is 2.04. The molecule has 16 heavy (non-hydrogen) atoms. The molecule has 1 rings (SSSR count). The average Bonchev–Trinajstić information content (AvgIpc) is 2.27. The first-order chi connectivity index (χ1) is 7.67. The summed E-state index contributed by atoms with van der Waals surface area (Å²) in [6.07, 6.45) is 3.07. The summed E-state index contributed by atoms with van der Waals surface area (Å²) in [6, 6.07) is 5.63. The molecule has 4 heteroatoms. The van der Waals surface area contributed by atoms with Gasteiger partial charge >= 0.3 is 5.97 Å². The molecule has 0 spiro atoms. The molecule has 2 nitrogen and oxygen atoms in total. The lowest BCUT2D eigenvalue weighted by Gasteiger charge is -2.01. The summed E-state index contributed by atoms with van der Waals surface area (Å²) in [5.74, 6) is -0.344. The third kappa shape index (κ3) is 3.99. The number of hydrogen-bond acceptors (Lipinski definition) is 2. The minimum atomic E-state index is -0.344. The van der Waals surface area contributed by atoms with Gasteiger partial charge in [0.25, 0.3) is 0 Å². The van der Waals surface area contributed by atoms with Crippen LogP contribution in [-0.4, -0.2) is 12.6 Å². The van der Waals surface area contributed by atoms with E-state index in [1.165, 1.54) is 6.08 Å². The minimum Gasteiger partial charge on any atom is -0.463 e. The molecular formula is C12H12BrClO2. The monoisotopic (exact) mass is 302 g/mol. The highest BCUT2D eigenvalue weighted by Gasteiger charge is 1.99. The zero-order valence-electron chi connectivity index (χ0n) is 8.87. The zero-order valence-corrected chi connectivity index (χ0v) is 11.2. The van der Waals surface area contributed by atoms with Crippen LogP contribution < -0.4 is 0 Å². The van der Waals surface area contributed by atoms with Crippen LogP contribution in [-0.2, 0) is 14.9 Å². The highest BCUT2D eigenvalue weighted by molar-refractivity contribution is 9.08. The van der Waals surface area contributed by atoms with Crippen molar-refractivity contribution < 1.29 is 9.53 Å². The van der Waals surface area contributed by atoms with Crippen LogP contribution in [0.4, 0.5) is 0 Å². The van der Waals surface area contributed by atoms with Crippen LogP contribution >= 0.6 is 27.5 Å². The van der Waals surface area contributed by atoms with E-state index in [-0.39, 0.29) is 5.97 Å². The van der Waals surface area contributed by atoms with Gasteiger partial charge in [0.05, 0.1) is 6.61 Å². The minimum absolute atomic E-state index is 0.344. The van der Waals surface area contributed by atoms with Crippen molar-refractivity contribution in [2.45, 2.75) is 12.3 Å². The summed E-state index contributed by atoms with van der Waals surface area (Å²) in [5.41, 5.74) is 1.90. The van der Waals surface area contributed by atoms with Crippen molar-refractivity contribution in [3.63, 3.8) is 0 Å². The molecule has 0 aliphatic heterocycles. The summed E-state index contributed by atoms with van der Waals surface area (Å²) in [4.78, 5) is 11.1. The summed E-state index contributed by atoms with van der Waals surface area (Å²) in [7, 11) is 0. The third-order valence-electron chi connectivity index (χ3n) is 1.92. The van der Waals surface area contributed by atoms with E-state index in [1.807, 2.05) is 18.2 Å². The van der Waals surface area contributed by atoms with Crippen LogP contribution in [0.3, 0.4) is 0 Å². The fourth-order valence-electron chi connectivity index (χ4n) is 1.13. The van der Waals surface area contributed by atoms with Gasteiger partial charge in [-0.05, 0) is 30.2 Å². The maximum absolute atomic E-state index is 11.1. The quantitative estimate of drug-likeness (QED) is 0.480. The molecular weight excluding hydrogens is 291 g/mol. The molecule has 0 amide bonds. The SMILES string of the molecule is CCOC(=O)C=Cc1ccc(CBr)c(Cl)c1. The van der Waals surface area contributed by atoms with Crippen molar-refractivity contribution in [2.24, 2.45) is 0 Å². The molecule has 0 aliphatic carbocycles. The van der Waals surface area contributed by atoms with E-state index < -0.39 is 0 Å². The van der Waals surface area contributed by atoms with Crippen molar-refractivity contribution in [3.8, 4) is 0 Å². The molecule has 0 unspecified atom stereocenters. The molecule has 0 atom stereocenters. The van der Waals surface area contributed by atoms with Crippen LogP contribution in [0.25, 0.3) is 6.08 Å². The molecule has 0 fully saturated rings. The van der Waals surface area contributed by atoms with Gasteiger partial charge in [0.2, 0.25) is 0 Å². The Kier molecular flexibility index (Phi) is 5.56. The Balaban J connectivity index is 2.75. The van der Waals surface area contributed by atoms with E-state index in [2.05, 4.69) is 15.9 Å². The molecule has 0 saturated carbocycles. The second-order valence-corrected chi connectivity index (χ2v) is 4.04. The van der Waals surface area contributed by atoms with Gasteiger partial charge in [0.15, 0.2) is 0 Å². The molecule has 0 aromatic heterocycles. The number of benzene rings is 1. The third-order valence-corrected chi connectivity index (χ3v) is 2.88. The van der Waals surface area contributed by atoms with E-state index in [1.54, 1.807) is 13.0 Å². The molecule has 0 heterocycles. The van der Waals surface area contributed by atoms with Gasteiger partial charge in [-0.1, -0.05) is 39.7 Å². The number of alkyl halides is 1. The molecule has 86 valence electrons. The molecule has 0 radical (unpaired) electrons. The van der Waals surface area contributed by atoms with Crippen LogP contribution in [0, 0.1) is 0 Å². The number of ether oxygens (including phenoxy) is 1. The fraction of sp³-hybridized carbons (Fsp3) is 0.250. The van der Waals surface area contributed by atoms with Gasteiger partial charge < -0.3 is 4.74 Å². The predicted octanol–water partition coefficient (Wildman–Crippen LogP) is 3.81. The lowest BCUT2D eigenvalue weighted by molar-refractivity contribution is -0.137. The Labute approximate surface area is 108 Å². The van der Waals surface area contributed by atoms with Crippen LogP contribution in [0.1, 0.15) is 18.1 Å². The number of rotatable bonds is 4. The van der Waals surface area contributed by atoms with E-state index in [4.69, 9.17) is 16.3 Å². The highest BCUT2D eigenvalue weighted by Crippen LogP contribution is 2.20. The normalized spacial score (nSPS) is 10.7. The van der Waals surface area contributed by atoms with Gasteiger partial charge in [-0.25, -0.2) is 4.79 Å². The van der Waals surface area contributed by atoms with Crippen LogP contribution in [0.15, 0.2) is 24.3 Å². The van der Waals surface area contributed by atoms with Gasteiger partial charge in [-0.15, -0.1) is 0 Å². The van der Waals surface area contributed by atoms with Crippen molar-refractivity contribution in [1.82, 2.24) is 0 Å². The summed E-state index contributed by atoms with van der Waals surface area (Å²) in [6.45, 7) is 2.15. The Morgan fingerprint density at radius 1 is 1.56 bits per heavy atom. The Hall–Kier alpha value is -0.800. The summed E-state index contributed by atoms with van der Waals surface area (Å²) < 4.78 is 4.77. The number of esters is 1. The van der Waals surface area contributed by atoms with Crippen LogP contribution in [0.5, 0.6) is 0 Å². The largest absolute Gasteiger partial charge is 0.463 e. The summed E-state index contributed by atoms with van der Waals surface area (Å²) in [5, 5.41) is 1.40. The Morgan fingerprint density at radius 2 is 2.31 bits per heavy atom. The number of carbonyl (C=O) groups is 1. The second kappa shape index (κ2) is 6.71. The topological polar surface area (TPSA) is 26.3 Å². The molecule has 0 saturated heterocycles. The van der Waals surface area contributed by atoms with E-state index in [0.717, 1.165) is 11.1 Å². The number of hydrogen-bond donors (Lipinski definition) is 0. The number of halogens is 2. The lowest BCUT2D eigenvalue weighted by Crippen LogP contribution is -1.98. The molecule has 1 aromatic rings. The molecule has 0 bridgehead atoms. The smallest absolute Gasteiger partial charge is 0.330 e.